The van der Waals surface area contributed by atoms with Gasteiger partial charge in [0.2, 0.25) is 0 Å². The number of halogens is 4. The van der Waals surface area contributed by atoms with E-state index in [1.165, 1.54) is 18.2 Å². The molecule has 0 bridgehead atoms. The zero-order valence-electron chi connectivity index (χ0n) is 7.81. The molecule has 0 fully saturated rings. The molecule has 0 saturated heterocycles. The van der Waals surface area contributed by atoms with Gasteiger partial charge in [-0.05, 0) is 13.0 Å². The maximum absolute atomic E-state index is 12.4. The van der Waals surface area contributed by atoms with Gasteiger partial charge in [-0.1, -0.05) is 44.0 Å². The molecule has 0 saturated carbocycles. The van der Waals surface area contributed by atoms with Crippen LogP contribution in [0.4, 0.5) is 8.78 Å². The molecule has 0 spiro atoms. The molecule has 1 unspecified atom stereocenters. The van der Waals surface area contributed by atoms with E-state index in [4.69, 9.17) is 0 Å². The zero-order valence-corrected chi connectivity index (χ0v) is 11.0. The predicted octanol–water partition coefficient (Wildman–Crippen LogP) is 4.35. The molecule has 1 atom stereocenters. The van der Waals surface area contributed by atoms with E-state index in [0.29, 0.717) is 5.56 Å². The largest absolute Gasteiger partial charge is 0.293 e. The van der Waals surface area contributed by atoms with Crippen LogP contribution in [0.2, 0.25) is 0 Å². The van der Waals surface area contributed by atoms with Crippen LogP contribution >= 0.6 is 31.9 Å². The van der Waals surface area contributed by atoms with Crippen LogP contribution in [0.25, 0.3) is 0 Å². The first-order valence-corrected chi connectivity index (χ1v) is 5.90. The Bertz CT molecular complexity index is 378. The molecule has 82 valence electrons. The average molecular weight is 342 g/mol. The molecule has 0 aliphatic rings. The van der Waals surface area contributed by atoms with Crippen molar-refractivity contribution < 1.29 is 13.6 Å². The second-order valence-corrected chi connectivity index (χ2v) is 5.25. The van der Waals surface area contributed by atoms with Crippen molar-refractivity contribution in [2.45, 2.75) is 18.2 Å². The minimum atomic E-state index is -2.54. The molecule has 1 rings (SSSR count). The smallest absolute Gasteiger partial charge is 0.264 e. The van der Waals surface area contributed by atoms with E-state index in [0.717, 1.165) is 0 Å². The lowest BCUT2D eigenvalue weighted by Crippen LogP contribution is -2.10. The second kappa shape index (κ2) is 5.16. The number of alkyl halides is 3. The fourth-order valence-corrected chi connectivity index (χ4v) is 1.90. The Kier molecular flexibility index (Phi) is 4.40. The number of hydrogen-bond donors (Lipinski definition) is 0. The topological polar surface area (TPSA) is 17.1 Å². The monoisotopic (exact) mass is 340 g/mol. The molecular formula is C10H8Br2F2O. The van der Waals surface area contributed by atoms with Gasteiger partial charge in [0, 0.05) is 15.6 Å². The van der Waals surface area contributed by atoms with Crippen LogP contribution in [0.5, 0.6) is 0 Å². The molecular weight excluding hydrogens is 334 g/mol. The van der Waals surface area contributed by atoms with Gasteiger partial charge in [0.25, 0.3) is 6.43 Å². The van der Waals surface area contributed by atoms with Crippen molar-refractivity contribution in [2.75, 3.05) is 0 Å². The fourth-order valence-electron chi connectivity index (χ4n) is 1.09. The number of hydrogen-bond acceptors (Lipinski definition) is 1. The molecule has 0 radical (unpaired) electrons. The third-order valence-electron chi connectivity index (χ3n) is 1.88. The molecule has 5 heteroatoms. The van der Waals surface area contributed by atoms with Crippen molar-refractivity contribution in [2.24, 2.45) is 0 Å². The highest BCUT2D eigenvalue weighted by Crippen LogP contribution is 2.28. The van der Waals surface area contributed by atoms with E-state index >= 15 is 0 Å². The molecule has 1 aromatic rings. The van der Waals surface area contributed by atoms with E-state index in [9.17, 15) is 13.6 Å². The number of rotatable bonds is 3. The highest BCUT2D eigenvalue weighted by atomic mass is 79.9. The Labute approximate surface area is 103 Å². The van der Waals surface area contributed by atoms with Gasteiger partial charge in [-0.25, -0.2) is 8.78 Å². The Morgan fingerprint density at radius 3 is 2.40 bits per heavy atom. The number of carbonyl (C=O) groups excluding carboxylic acids is 1. The highest BCUT2D eigenvalue weighted by Gasteiger charge is 2.16. The Balaban J connectivity index is 3.07. The molecule has 15 heavy (non-hydrogen) atoms. The first kappa shape index (κ1) is 12.8. The third-order valence-corrected chi connectivity index (χ3v) is 2.98. The first-order valence-electron chi connectivity index (χ1n) is 4.19. The van der Waals surface area contributed by atoms with Crippen LogP contribution in [-0.2, 0) is 0 Å². The van der Waals surface area contributed by atoms with Gasteiger partial charge in [0.15, 0.2) is 5.78 Å². The van der Waals surface area contributed by atoms with Crippen LogP contribution in [0.3, 0.4) is 0 Å². The summed E-state index contributed by atoms with van der Waals surface area (Å²) in [5.74, 6) is -0.128. The van der Waals surface area contributed by atoms with Crippen LogP contribution in [0, 0.1) is 0 Å². The SMILES string of the molecule is CC(Br)C(=O)c1ccc(C(F)F)c(Br)c1. The Morgan fingerprint density at radius 1 is 1.40 bits per heavy atom. The Morgan fingerprint density at radius 2 is 2.00 bits per heavy atom. The van der Waals surface area contributed by atoms with Gasteiger partial charge in [-0.15, -0.1) is 0 Å². The summed E-state index contributed by atoms with van der Waals surface area (Å²) in [6.07, 6.45) is -2.54. The number of carbonyl (C=O) groups is 1. The van der Waals surface area contributed by atoms with Crippen molar-refractivity contribution in [3.63, 3.8) is 0 Å². The third kappa shape index (κ3) is 3.08. The van der Waals surface area contributed by atoms with Gasteiger partial charge in [0.05, 0.1) is 4.83 Å². The summed E-state index contributed by atoms with van der Waals surface area (Å²) in [6, 6.07) is 4.09. The summed E-state index contributed by atoms with van der Waals surface area (Å²) in [4.78, 5) is 11.2. The molecule has 0 amide bonds. The minimum absolute atomic E-state index is 0.103. The van der Waals surface area contributed by atoms with Gasteiger partial charge < -0.3 is 0 Å². The second-order valence-electron chi connectivity index (χ2n) is 3.02. The van der Waals surface area contributed by atoms with Crippen molar-refractivity contribution in [3.05, 3.63) is 33.8 Å². The maximum atomic E-state index is 12.4. The molecule has 1 aromatic carbocycles. The summed E-state index contributed by atoms with van der Waals surface area (Å²) in [7, 11) is 0. The van der Waals surface area contributed by atoms with Gasteiger partial charge >= 0.3 is 0 Å². The number of ketones is 1. The zero-order chi connectivity index (χ0) is 11.6. The summed E-state index contributed by atoms with van der Waals surface area (Å²) in [6.45, 7) is 1.69. The van der Waals surface area contributed by atoms with Gasteiger partial charge in [-0.3, -0.25) is 4.79 Å². The number of benzene rings is 1. The van der Waals surface area contributed by atoms with Crippen LogP contribution in [-0.4, -0.2) is 10.6 Å². The quantitative estimate of drug-likeness (QED) is 0.590. The van der Waals surface area contributed by atoms with Crippen molar-refractivity contribution in [1.29, 1.82) is 0 Å². The standard InChI is InChI=1S/C10H8Br2F2O/c1-5(11)9(15)6-2-3-7(10(13)14)8(12)4-6/h2-5,10H,1H3. The van der Waals surface area contributed by atoms with E-state index < -0.39 is 6.43 Å². The predicted molar refractivity (Wildman–Crippen MR) is 61.8 cm³/mol. The first-order chi connectivity index (χ1) is 6.93. The van der Waals surface area contributed by atoms with Crippen LogP contribution in [0.1, 0.15) is 29.3 Å². The molecule has 0 aliphatic heterocycles. The van der Waals surface area contributed by atoms with Gasteiger partial charge in [0.1, 0.15) is 0 Å². The van der Waals surface area contributed by atoms with E-state index in [2.05, 4.69) is 31.9 Å². The van der Waals surface area contributed by atoms with Gasteiger partial charge in [-0.2, -0.15) is 0 Å². The van der Waals surface area contributed by atoms with Crippen LogP contribution < -0.4 is 0 Å². The Hall–Kier alpha value is -0.290. The van der Waals surface area contributed by atoms with Crippen molar-refractivity contribution >= 4 is 37.6 Å². The maximum Gasteiger partial charge on any atom is 0.264 e. The van der Waals surface area contributed by atoms with Crippen LogP contribution in [0.15, 0.2) is 22.7 Å². The van der Waals surface area contributed by atoms with E-state index in [1.807, 2.05) is 0 Å². The van der Waals surface area contributed by atoms with Crippen molar-refractivity contribution in [1.82, 2.24) is 0 Å². The van der Waals surface area contributed by atoms with E-state index in [1.54, 1.807) is 6.92 Å². The molecule has 0 N–H and O–H groups in total. The fraction of sp³-hybridized carbons (Fsp3) is 0.300. The minimum Gasteiger partial charge on any atom is -0.293 e. The average Bonchev–Trinajstić information content (AvgIpc) is 2.15. The molecule has 0 aromatic heterocycles. The lowest BCUT2D eigenvalue weighted by atomic mass is 10.1. The summed E-state index contributed by atoms with van der Waals surface area (Å²) in [5, 5.41) is 0. The molecule has 0 aliphatic carbocycles. The summed E-state index contributed by atoms with van der Waals surface area (Å²) in [5.41, 5.74) is 0.310. The van der Waals surface area contributed by atoms with E-state index in [-0.39, 0.29) is 20.6 Å². The summed E-state index contributed by atoms with van der Waals surface area (Å²) >= 11 is 6.15. The lowest BCUT2D eigenvalue weighted by Gasteiger charge is -2.07. The molecule has 0 heterocycles. The number of Topliss-reactive ketones (excluding diaryl/α,β-unsaturated/α-hetero) is 1. The molecule has 1 nitrogen and oxygen atoms in total. The highest BCUT2D eigenvalue weighted by molar-refractivity contribution is 9.10. The summed E-state index contributed by atoms with van der Waals surface area (Å²) < 4.78 is 25.1. The van der Waals surface area contributed by atoms with Crippen molar-refractivity contribution in [3.8, 4) is 0 Å². The normalized spacial score (nSPS) is 12.9. The lowest BCUT2D eigenvalue weighted by molar-refractivity contribution is 0.0995.